The first kappa shape index (κ1) is 14.3. The average molecular weight is 296 g/mol. The molecule has 0 aliphatic rings. The van der Waals surface area contributed by atoms with E-state index < -0.39 is 0 Å². The second kappa shape index (κ2) is 6.36. The van der Waals surface area contributed by atoms with Gasteiger partial charge in [-0.2, -0.15) is 0 Å². The van der Waals surface area contributed by atoms with Crippen LogP contribution in [0.2, 0.25) is 5.02 Å². The molecule has 0 atom stereocenters. The molecule has 0 unspecified atom stereocenters. The van der Waals surface area contributed by atoms with Crippen LogP contribution >= 0.6 is 11.6 Å². The van der Waals surface area contributed by atoms with Gasteiger partial charge in [0, 0.05) is 6.07 Å². The van der Waals surface area contributed by atoms with E-state index in [-0.39, 0.29) is 19.0 Å². The largest absolute Gasteiger partial charge is 0.497 e. The van der Waals surface area contributed by atoms with Crippen LogP contribution in [0.25, 0.3) is 5.69 Å². The zero-order valence-corrected chi connectivity index (χ0v) is 11.6. The Bertz CT molecular complexity index is 614. The summed E-state index contributed by atoms with van der Waals surface area (Å²) in [5.74, 6) is 0.414. The van der Waals surface area contributed by atoms with E-state index in [1.165, 1.54) is 4.68 Å². The number of rotatable bonds is 5. The summed E-state index contributed by atoms with van der Waals surface area (Å²) >= 11 is 6.12. The van der Waals surface area contributed by atoms with Gasteiger partial charge in [-0.1, -0.05) is 16.8 Å². The standard InChI is InChI=1S/C12H14ClN5O2/c1-20-9-2-3-10(13)11(4-9)18-7-8(16-17-18)6-15-12(19)5-14/h2-4,7H,5-6,14H2,1H3,(H,15,19). The maximum absolute atomic E-state index is 11.1. The van der Waals surface area contributed by atoms with Crippen LogP contribution in [-0.2, 0) is 11.3 Å². The van der Waals surface area contributed by atoms with Crippen LogP contribution in [0.1, 0.15) is 5.69 Å². The summed E-state index contributed by atoms with van der Waals surface area (Å²) in [6.07, 6.45) is 1.68. The Morgan fingerprint density at radius 2 is 2.35 bits per heavy atom. The average Bonchev–Trinajstić information content (AvgIpc) is 2.94. The van der Waals surface area contributed by atoms with Crippen LogP contribution < -0.4 is 15.8 Å². The van der Waals surface area contributed by atoms with Gasteiger partial charge in [-0.25, -0.2) is 4.68 Å². The van der Waals surface area contributed by atoms with Crippen molar-refractivity contribution in [2.45, 2.75) is 6.54 Å². The monoisotopic (exact) mass is 295 g/mol. The SMILES string of the molecule is COc1ccc(Cl)c(-n2cc(CNC(=O)CN)nn2)c1. The Kier molecular flexibility index (Phi) is 4.54. The summed E-state index contributed by atoms with van der Waals surface area (Å²) in [6.45, 7) is 0.202. The third-order valence-corrected chi connectivity index (χ3v) is 2.91. The molecule has 1 aromatic heterocycles. The number of nitrogens with one attached hydrogen (secondary N) is 1. The number of amides is 1. The van der Waals surface area contributed by atoms with Gasteiger partial charge in [0.15, 0.2) is 0 Å². The first-order chi connectivity index (χ1) is 9.63. The number of hydrogen-bond donors (Lipinski definition) is 2. The highest BCUT2D eigenvalue weighted by Gasteiger charge is 2.08. The summed E-state index contributed by atoms with van der Waals surface area (Å²) in [5.41, 5.74) is 6.45. The normalized spacial score (nSPS) is 10.3. The summed E-state index contributed by atoms with van der Waals surface area (Å²) < 4.78 is 6.66. The highest BCUT2D eigenvalue weighted by Crippen LogP contribution is 2.24. The fraction of sp³-hybridized carbons (Fsp3) is 0.250. The molecule has 1 heterocycles. The Hall–Kier alpha value is -2.12. The van der Waals surface area contributed by atoms with Gasteiger partial charge in [0.25, 0.3) is 0 Å². The molecule has 20 heavy (non-hydrogen) atoms. The van der Waals surface area contributed by atoms with Gasteiger partial charge in [-0.15, -0.1) is 5.10 Å². The van der Waals surface area contributed by atoms with Gasteiger partial charge >= 0.3 is 0 Å². The maximum Gasteiger partial charge on any atom is 0.234 e. The number of halogens is 1. The zero-order valence-electron chi connectivity index (χ0n) is 10.8. The molecule has 8 heteroatoms. The smallest absolute Gasteiger partial charge is 0.234 e. The molecule has 0 fully saturated rings. The van der Waals surface area contributed by atoms with E-state index in [1.807, 2.05) is 0 Å². The molecule has 0 bridgehead atoms. The van der Waals surface area contributed by atoms with Crippen LogP contribution in [0.3, 0.4) is 0 Å². The Morgan fingerprint density at radius 1 is 1.55 bits per heavy atom. The highest BCUT2D eigenvalue weighted by atomic mass is 35.5. The topological polar surface area (TPSA) is 95.1 Å². The molecular formula is C12H14ClN5O2. The molecule has 1 aromatic carbocycles. The Labute approximate surface area is 120 Å². The minimum atomic E-state index is -0.251. The number of nitrogens with two attached hydrogens (primary N) is 1. The number of ether oxygens (including phenoxy) is 1. The van der Waals surface area contributed by atoms with Crippen molar-refractivity contribution in [2.24, 2.45) is 5.73 Å². The molecule has 0 saturated carbocycles. The first-order valence-corrected chi connectivity index (χ1v) is 6.23. The molecule has 1 amide bonds. The van der Waals surface area contributed by atoms with Crippen molar-refractivity contribution in [1.29, 1.82) is 0 Å². The van der Waals surface area contributed by atoms with Crippen molar-refractivity contribution in [1.82, 2.24) is 20.3 Å². The van der Waals surface area contributed by atoms with Gasteiger partial charge in [0.2, 0.25) is 5.91 Å². The van der Waals surface area contributed by atoms with E-state index in [2.05, 4.69) is 15.6 Å². The minimum absolute atomic E-state index is 0.0597. The van der Waals surface area contributed by atoms with Crippen molar-refractivity contribution in [2.75, 3.05) is 13.7 Å². The third kappa shape index (κ3) is 3.25. The molecule has 0 saturated heterocycles. The van der Waals surface area contributed by atoms with E-state index >= 15 is 0 Å². The molecule has 7 nitrogen and oxygen atoms in total. The summed E-state index contributed by atoms with van der Waals surface area (Å²) in [7, 11) is 1.57. The second-order valence-corrected chi connectivity index (χ2v) is 4.36. The van der Waals surface area contributed by atoms with Crippen molar-refractivity contribution in [3.63, 3.8) is 0 Å². The van der Waals surface area contributed by atoms with Gasteiger partial charge in [0.1, 0.15) is 11.4 Å². The highest BCUT2D eigenvalue weighted by molar-refractivity contribution is 6.32. The summed E-state index contributed by atoms with van der Waals surface area (Å²) in [6, 6.07) is 5.22. The molecule has 106 valence electrons. The van der Waals surface area contributed by atoms with E-state index in [9.17, 15) is 4.79 Å². The van der Waals surface area contributed by atoms with E-state index in [0.29, 0.717) is 22.2 Å². The zero-order chi connectivity index (χ0) is 14.5. The number of methoxy groups -OCH3 is 1. The molecular weight excluding hydrogens is 282 g/mol. The van der Waals surface area contributed by atoms with Crippen molar-refractivity contribution in [3.8, 4) is 11.4 Å². The van der Waals surface area contributed by atoms with Crippen molar-refractivity contribution >= 4 is 17.5 Å². The van der Waals surface area contributed by atoms with Crippen molar-refractivity contribution in [3.05, 3.63) is 35.1 Å². The van der Waals surface area contributed by atoms with Crippen LogP contribution in [-0.4, -0.2) is 34.6 Å². The lowest BCUT2D eigenvalue weighted by Gasteiger charge is -2.06. The molecule has 0 aliphatic heterocycles. The van der Waals surface area contributed by atoms with Crippen molar-refractivity contribution < 1.29 is 9.53 Å². The molecule has 2 aromatic rings. The molecule has 0 aliphatic carbocycles. The summed E-state index contributed by atoms with van der Waals surface area (Å²) in [5, 5.41) is 11.1. The molecule has 0 spiro atoms. The summed E-state index contributed by atoms with van der Waals surface area (Å²) in [4.78, 5) is 11.1. The number of nitrogens with zero attached hydrogens (tertiary/aromatic N) is 3. The van der Waals surface area contributed by atoms with Gasteiger partial charge < -0.3 is 15.8 Å². The van der Waals surface area contributed by atoms with Crippen LogP contribution in [0, 0.1) is 0 Å². The number of hydrogen-bond acceptors (Lipinski definition) is 5. The number of benzene rings is 1. The van der Waals surface area contributed by atoms with Crippen LogP contribution in [0.4, 0.5) is 0 Å². The Morgan fingerprint density at radius 3 is 3.05 bits per heavy atom. The number of aromatic nitrogens is 3. The fourth-order valence-corrected chi connectivity index (χ4v) is 1.76. The first-order valence-electron chi connectivity index (χ1n) is 5.86. The molecule has 0 radical (unpaired) electrons. The number of carbonyl (C=O) groups is 1. The predicted molar refractivity (Wildman–Crippen MR) is 73.8 cm³/mol. The number of carbonyl (C=O) groups excluding carboxylic acids is 1. The minimum Gasteiger partial charge on any atom is -0.497 e. The quantitative estimate of drug-likeness (QED) is 0.838. The van der Waals surface area contributed by atoms with E-state index in [0.717, 1.165) is 0 Å². The Balaban J connectivity index is 2.18. The van der Waals surface area contributed by atoms with Gasteiger partial charge in [-0.3, -0.25) is 4.79 Å². The van der Waals surface area contributed by atoms with E-state index in [4.69, 9.17) is 22.1 Å². The lowest BCUT2D eigenvalue weighted by Crippen LogP contribution is -2.29. The molecule has 2 rings (SSSR count). The van der Waals surface area contributed by atoms with Gasteiger partial charge in [-0.05, 0) is 12.1 Å². The maximum atomic E-state index is 11.1. The lowest BCUT2D eigenvalue weighted by molar-refractivity contribution is -0.119. The van der Waals surface area contributed by atoms with Crippen LogP contribution in [0.5, 0.6) is 5.75 Å². The second-order valence-electron chi connectivity index (χ2n) is 3.95. The third-order valence-electron chi connectivity index (χ3n) is 2.59. The fourth-order valence-electron chi connectivity index (χ4n) is 1.55. The predicted octanol–water partition coefficient (Wildman–Crippen LogP) is 0.504. The molecule has 3 N–H and O–H groups in total. The van der Waals surface area contributed by atoms with Gasteiger partial charge in [0.05, 0.1) is 37.1 Å². The van der Waals surface area contributed by atoms with E-state index in [1.54, 1.807) is 31.5 Å². The lowest BCUT2D eigenvalue weighted by atomic mass is 10.3. The van der Waals surface area contributed by atoms with Crippen LogP contribution in [0.15, 0.2) is 24.4 Å².